The maximum Gasteiger partial charge on any atom is 0.222 e. The fraction of sp³-hybridized carbons (Fsp3) is 0.136. The van der Waals surface area contributed by atoms with Crippen LogP contribution < -0.4 is 4.90 Å². The molecule has 0 N–H and O–H groups in total. The minimum atomic E-state index is -0.603. The lowest BCUT2D eigenvalue weighted by Gasteiger charge is -2.36. The molecule has 0 spiro atoms. The van der Waals surface area contributed by atoms with Gasteiger partial charge in [-0.3, -0.25) is 0 Å². The molecule has 7 aromatic carbocycles. The van der Waals surface area contributed by atoms with Crippen molar-refractivity contribution >= 4 is 23.0 Å². The molecular weight excluding hydrogens is 753 g/mol. The molecule has 298 valence electrons. The Balaban J connectivity index is 1.08. The largest absolute Gasteiger partial charge is 0.441 e. The van der Waals surface area contributed by atoms with Gasteiger partial charge in [-0.25, -0.2) is 4.99 Å². The number of anilines is 3. The molecule has 3 nitrogen and oxygen atoms in total. The zero-order valence-electron chi connectivity index (χ0n) is 35.0. The summed E-state index contributed by atoms with van der Waals surface area (Å²) in [5, 5.41) is 0. The van der Waals surface area contributed by atoms with E-state index in [9.17, 15) is 0 Å². The van der Waals surface area contributed by atoms with Gasteiger partial charge >= 0.3 is 0 Å². The van der Waals surface area contributed by atoms with Gasteiger partial charge in [-0.1, -0.05) is 172 Å². The lowest BCUT2D eigenvalue weighted by Crippen LogP contribution is -2.31. The summed E-state index contributed by atoms with van der Waals surface area (Å²) < 4.78 is 6.67. The van der Waals surface area contributed by atoms with E-state index in [0.717, 1.165) is 41.2 Å². The second-order valence-electron chi connectivity index (χ2n) is 17.7. The van der Waals surface area contributed by atoms with Gasteiger partial charge in [0, 0.05) is 33.8 Å². The molecule has 0 fully saturated rings. The summed E-state index contributed by atoms with van der Waals surface area (Å²) in [4.78, 5) is 7.62. The second-order valence-corrected chi connectivity index (χ2v) is 17.7. The van der Waals surface area contributed by atoms with E-state index < -0.39 is 5.41 Å². The Morgan fingerprint density at radius 3 is 2.13 bits per heavy atom. The van der Waals surface area contributed by atoms with Crippen molar-refractivity contribution in [3.8, 4) is 22.3 Å². The summed E-state index contributed by atoms with van der Waals surface area (Å²) in [6.07, 6.45) is 15.4. The van der Waals surface area contributed by atoms with Gasteiger partial charge in [0.25, 0.3) is 0 Å². The van der Waals surface area contributed by atoms with E-state index in [1.807, 2.05) is 18.2 Å². The minimum absolute atomic E-state index is 0.0447. The Hall–Kier alpha value is -7.23. The highest BCUT2D eigenvalue weighted by Gasteiger charge is 2.49. The Morgan fingerprint density at radius 2 is 1.31 bits per heavy atom. The number of benzene rings is 7. The number of rotatable bonds is 7. The standard InChI is InChI=1S/C59H46N2O/c1-58(2)49-28-14-12-26-46(49)47-34-33-45(38-52(47)58)61(44-25-16-22-41(36-44)39-18-6-3-7-19-39)54-31-17-30-51-56(54)48-27-13-15-29-50(48)59(51,42-23-10-5-11-24-42)43-32-35-53-55(37-43)62-57(60-53)40-20-8-4-9-21-40/h3-18,20-34,36-39,53H,19,35H2,1-2H3. The number of allylic oxidation sites excluding steroid dienone is 6. The van der Waals surface area contributed by atoms with Gasteiger partial charge in [0.2, 0.25) is 5.90 Å². The van der Waals surface area contributed by atoms with E-state index >= 15 is 0 Å². The van der Waals surface area contributed by atoms with Crippen molar-refractivity contribution in [3.05, 3.63) is 257 Å². The minimum Gasteiger partial charge on any atom is -0.441 e. The van der Waals surface area contributed by atoms with Crippen molar-refractivity contribution in [2.75, 3.05) is 4.90 Å². The molecule has 1 heterocycles. The SMILES string of the molecule is CC1(C)c2ccccc2-c2ccc(N(c3cccc(C4C=CC=CC4)c3)c3cccc4c3-c3ccccc3C4(C3=CCC4N=C(c5ccccc5)OC4=C3)c3ccccc3)cc21. The molecule has 0 saturated heterocycles. The fourth-order valence-electron chi connectivity index (χ4n) is 11.1. The van der Waals surface area contributed by atoms with Crippen molar-refractivity contribution in [1.82, 2.24) is 0 Å². The predicted octanol–water partition coefficient (Wildman–Crippen LogP) is 14.4. The van der Waals surface area contributed by atoms with Crippen LogP contribution in [0.5, 0.6) is 0 Å². The lowest BCUT2D eigenvalue weighted by atomic mass is 9.66. The molecule has 0 aromatic heterocycles. The summed E-state index contributed by atoms with van der Waals surface area (Å²) in [6, 6.07) is 62.7. The molecule has 62 heavy (non-hydrogen) atoms. The van der Waals surface area contributed by atoms with Crippen molar-refractivity contribution in [3.63, 3.8) is 0 Å². The molecule has 4 aliphatic carbocycles. The van der Waals surface area contributed by atoms with Crippen LogP contribution >= 0.6 is 0 Å². The first kappa shape index (κ1) is 36.6. The van der Waals surface area contributed by atoms with E-state index in [-0.39, 0.29) is 11.5 Å². The van der Waals surface area contributed by atoms with Gasteiger partial charge in [0.05, 0.1) is 11.1 Å². The third-order valence-electron chi connectivity index (χ3n) is 14.0. The van der Waals surface area contributed by atoms with Crippen molar-refractivity contribution in [2.24, 2.45) is 4.99 Å². The van der Waals surface area contributed by atoms with Crippen LogP contribution in [0.15, 0.2) is 223 Å². The van der Waals surface area contributed by atoms with E-state index in [1.54, 1.807) is 0 Å². The van der Waals surface area contributed by atoms with Gasteiger partial charge in [0.15, 0.2) is 0 Å². The van der Waals surface area contributed by atoms with Crippen LogP contribution in [0.2, 0.25) is 0 Å². The zero-order valence-corrected chi connectivity index (χ0v) is 35.0. The second kappa shape index (κ2) is 14.2. The quantitative estimate of drug-likeness (QED) is 0.160. The van der Waals surface area contributed by atoms with Crippen LogP contribution in [0.25, 0.3) is 22.3 Å². The van der Waals surface area contributed by atoms with Gasteiger partial charge in [0.1, 0.15) is 11.8 Å². The van der Waals surface area contributed by atoms with Crippen LogP contribution in [-0.4, -0.2) is 11.9 Å². The maximum absolute atomic E-state index is 6.67. The monoisotopic (exact) mass is 798 g/mol. The van der Waals surface area contributed by atoms with Gasteiger partial charge < -0.3 is 9.64 Å². The number of hydrogen-bond donors (Lipinski definition) is 0. The molecule has 0 saturated carbocycles. The molecule has 3 heteroatoms. The van der Waals surface area contributed by atoms with Crippen LogP contribution in [0, 0.1) is 0 Å². The normalized spacial score (nSPS) is 20.8. The van der Waals surface area contributed by atoms with Crippen LogP contribution in [0.3, 0.4) is 0 Å². The smallest absolute Gasteiger partial charge is 0.222 e. The van der Waals surface area contributed by atoms with Crippen LogP contribution in [0.1, 0.15) is 71.6 Å². The first-order valence-corrected chi connectivity index (χ1v) is 22.0. The van der Waals surface area contributed by atoms with E-state index in [0.29, 0.717) is 11.8 Å². The van der Waals surface area contributed by atoms with Crippen molar-refractivity contribution in [1.29, 1.82) is 0 Å². The third kappa shape index (κ3) is 5.47. The summed E-state index contributed by atoms with van der Waals surface area (Å²) in [7, 11) is 0. The Labute approximate surface area is 364 Å². The van der Waals surface area contributed by atoms with Gasteiger partial charge in [-0.05, 0) is 117 Å². The number of fused-ring (bicyclic) bond motifs is 7. The van der Waals surface area contributed by atoms with Gasteiger partial charge in [-0.15, -0.1) is 0 Å². The van der Waals surface area contributed by atoms with Crippen LogP contribution in [-0.2, 0) is 15.6 Å². The number of nitrogens with zero attached hydrogens (tertiary/aromatic N) is 2. The summed E-state index contributed by atoms with van der Waals surface area (Å²) in [5.74, 6) is 1.92. The Kier molecular flexibility index (Phi) is 8.37. The average Bonchev–Trinajstić information content (AvgIpc) is 3.97. The van der Waals surface area contributed by atoms with Crippen molar-refractivity contribution in [2.45, 2.75) is 49.5 Å². The van der Waals surface area contributed by atoms with E-state index in [1.165, 1.54) is 61.2 Å². The summed E-state index contributed by atoms with van der Waals surface area (Å²) in [5.41, 5.74) is 17.9. The molecule has 7 aromatic rings. The van der Waals surface area contributed by atoms with E-state index in [2.05, 4.69) is 207 Å². The third-order valence-corrected chi connectivity index (χ3v) is 14.0. The molecule has 12 rings (SSSR count). The predicted molar refractivity (Wildman–Crippen MR) is 255 cm³/mol. The summed E-state index contributed by atoms with van der Waals surface area (Å²) in [6.45, 7) is 4.75. The molecule has 0 radical (unpaired) electrons. The number of ether oxygens (including phenoxy) is 1. The Morgan fingerprint density at radius 1 is 0.597 bits per heavy atom. The highest BCUT2D eigenvalue weighted by Crippen LogP contribution is 2.61. The molecular formula is C59H46N2O. The number of hydrogen-bond acceptors (Lipinski definition) is 3. The zero-order chi connectivity index (χ0) is 41.4. The van der Waals surface area contributed by atoms with Crippen LogP contribution in [0.4, 0.5) is 17.1 Å². The Bertz CT molecular complexity index is 3090. The molecule has 1 aliphatic heterocycles. The molecule has 3 unspecified atom stereocenters. The van der Waals surface area contributed by atoms with E-state index in [4.69, 9.17) is 9.73 Å². The highest BCUT2D eigenvalue weighted by molar-refractivity contribution is 5.99. The number of aliphatic imine (C=N–C) groups is 1. The molecule has 5 aliphatic rings. The maximum atomic E-state index is 6.67. The van der Waals surface area contributed by atoms with Crippen molar-refractivity contribution < 1.29 is 4.74 Å². The summed E-state index contributed by atoms with van der Waals surface area (Å²) >= 11 is 0. The first-order chi connectivity index (χ1) is 30.5. The fourth-order valence-corrected chi connectivity index (χ4v) is 11.1. The average molecular weight is 799 g/mol. The first-order valence-electron chi connectivity index (χ1n) is 22.0. The lowest BCUT2D eigenvalue weighted by molar-refractivity contribution is 0.411. The highest BCUT2D eigenvalue weighted by atomic mass is 16.5. The topological polar surface area (TPSA) is 24.8 Å². The molecule has 0 amide bonds. The van der Waals surface area contributed by atoms with Gasteiger partial charge in [-0.2, -0.15) is 0 Å². The molecule has 3 atom stereocenters. The molecule has 0 bridgehead atoms.